The van der Waals surface area contributed by atoms with Gasteiger partial charge in [-0.2, -0.15) is 0 Å². The molecule has 0 atom stereocenters. The number of ether oxygens (including phenoxy) is 1. The lowest BCUT2D eigenvalue weighted by atomic mass is 10.4. The molecule has 0 radical (unpaired) electrons. The number of nitrogens with zero attached hydrogens (tertiary/aromatic N) is 2. The summed E-state index contributed by atoms with van der Waals surface area (Å²) in [6.45, 7) is 3.27. The molecule has 0 bridgehead atoms. The van der Waals surface area contributed by atoms with E-state index >= 15 is 0 Å². The van der Waals surface area contributed by atoms with Gasteiger partial charge in [-0.1, -0.05) is 0 Å². The standard InChI is InChI=1S/C13H20N4O3/c1-14-13(15-9-11-3-2-6-20-11)16-10-12(18)17-4-7-19-8-5-17/h2-3,6H,4-5,7-10H2,1H3,(H2,14,15,16). The zero-order valence-electron chi connectivity index (χ0n) is 11.6. The first kappa shape index (κ1) is 14.4. The van der Waals surface area contributed by atoms with Gasteiger partial charge in [0.2, 0.25) is 5.91 Å². The molecule has 0 unspecified atom stereocenters. The van der Waals surface area contributed by atoms with Crippen LogP contribution in [0.15, 0.2) is 27.8 Å². The molecule has 2 heterocycles. The van der Waals surface area contributed by atoms with Crippen molar-refractivity contribution in [1.82, 2.24) is 15.5 Å². The number of furan rings is 1. The summed E-state index contributed by atoms with van der Waals surface area (Å²) in [7, 11) is 1.66. The van der Waals surface area contributed by atoms with Crippen molar-refractivity contribution in [2.24, 2.45) is 4.99 Å². The summed E-state index contributed by atoms with van der Waals surface area (Å²) in [5.74, 6) is 1.43. The Kier molecular flexibility index (Phi) is 5.43. The third kappa shape index (κ3) is 4.27. The molecule has 1 aromatic rings. The average molecular weight is 280 g/mol. The molecule has 0 spiro atoms. The zero-order valence-corrected chi connectivity index (χ0v) is 11.6. The van der Waals surface area contributed by atoms with E-state index in [-0.39, 0.29) is 12.5 Å². The number of hydrogen-bond donors (Lipinski definition) is 2. The molecule has 2 rings (SSSR count). The van der Waals surface area contributed by atoms with Crippen LogP contribution in [0, 0.1) is 0 Å². The van der Waals surface area contributed by atoms with Gasteiger partial charge >= 0.3 is 0 Å². The van der Waals surface area contributed by atoms with Crippen LogP contribution in [0.4, 0.5) is 0 Å². The van der Waals surface area contributed by atoms with E-state index in [1.54, 1.807) is 18.2 Å². The monoisotopic (exact) mass is 280 g/mol. The van der Waals surface area contributed by atoms with Crippen LogP contribution in [0.2, 0.25) is 0 Å². The van der Waals surface area contributed by atoms with E-state index in [4.69, 9.17) is 9.15 Å². The summed E-state index contributed by atoms with van der Waals surface area (Å²) < 4.78 is 10.4. The van der Waals surface area contributed by atoms with E-state index in [9.17, 15) is 4.79 Å². The first-order chi connectivity index (χ1) is 9.79. The maximum atomic E-state index is 12.0. The Hall–Kier alpha value is -2.02. The van der Waals surface area contributed by atoms with Gasteiger partial charge in [-0.3, -0.25) is 9.79 Å². The highest BCUT2D eigenvalue weighted by atomic mass is 16.5. The molecule has 20 heavy (non-hydrogen) atoms. The lowest BCUT2D eigenvalue weighted by Gasteiger charge is -2.27. The van der Waals surface area contributed by atoms with Crippen LogP contribution in [-0.2, 0) is 16.1 Å². The van der Waals surface area contributed by atoms with E-state index in [2.05, 4.69) is 15.6 Å². The molecule has 0 aromatic carbocycles. The Bertz CT molecular complexity index is 438. The van der Waals surface area contributed by atoms with Crippen molar-refractivity contribution in [1.29, 1.82) is 0 Å². The summed E-state index contributed by atoms with van der Waals surface area (Å²) in [5.41, 5.74) is 0. The minimum Gasteiger partial charge on any atom is -0.467 e. The van der Waals surface area contributed by atoms with Crippen LogP contribution in [0.5, 0.6) is 0 Å². The van der Waals surface area contributed by atoms with E-state index in [0.29, 0.717) is 38.8 Å². The van der Waals surface area contributed by atoms with E-state index in [0.717, 1.165) is 5.76 Å². The van der Waals surface area contributed by atoms with Crippen LogP contribution in [0.25, 0.3) is 0 Å². The van der Waals surface area contributed by atoms with Gasteiger partial charge in [0.05, 0.1) is 32.6 Å². The third-order valence-corrected chi connectivity index (χ3v) is 3.00. The minimum atomic E-state index is 0.0502. The van der Waals surface area contributed by atoms with Crippen molar-refractivity contribution in [3.8, 4) is 0 Å². The molecule has 1 aromatic heterocycles. The fourth-order valence-electron chi connectivity index (χ4n) is 1.89. The second-order valence-corrected chi connectivity index (χ2v) is 4.35. The number of aliphatic imine (C=N–C) groups is 1. The van der Waals surface area contributed by atoms with E-state index < -0.39 is 0 Å². The Morgan fingerprint density at radius 1 is 1.40 bits per heavy atom. The molecule has 2 N–H and O–H groups in total. The van der Waals surface area contributed by atoms with Gasteiger partial charge in [-0.25, -0.2) is 0 Å². The maximum Gasteiger partial charge on any atom is 0.242 e. The molecule has 1 saturated heterocycles. The number of nitrogens with one attached hydrogen (secondary N) is 2. The lowest BCUT2D eigenvalue weighted by Crippen LogP contribution is -2.47. The van der Waals surface area contributed by atoms with Crippen molar-refractivity contribution >= 4 is 11.9 Å². The average Bonchev–Trinajstić information content (AvgIpc) is 3.01. The van der Waals surface area contributed by atoms with Gasteiger partial charge in [0.25, 0.3) is 0 Å². The third-order valence-electron chi connectivity index (χ3n) is 3.00. The summed E-state index contributed by atoms with van der Waals surface area (Å²) in [6.07, 6.45) is 1.62. The highest BCUT2D eigenvalue weighted by Crippen LogP contribution is 1.98. The van der Waals surface area contributed by atoms with Crippen LogP contribution < -0.4 is 10.6 Å². The maximum absolute atomic E-state index is 12.0. The lowest BCUT2D eigenvalue weighted by molar-refractivity contribution is -0.134. The van der Waals surface area contributed by atoms with Crippen molar-refractivity contribution in [3.05, 3.63) is 24.2 Å². The Morgan fingerprint density at radius 3 is 2.85 bits per heavy atom. The smallest absolute Gasteiger partial charge is 0.242 e. The highest BCUT2D eigenvalue weighted by Gasteiger charge is 2.16. The largest absolute Gasteiger partial charge is 0.467 e. The predicted molar refractivity (Wildman–Crippen MR) is 74.3 cm³/mol. The van der Waals surface area contributed by atoms with Gasteiger partial charge in [-0.05, 0) is 12.1 Å². The summed E-state index contributed by atoms with van der Waals surface area (Å²) in [4.78, 5) is 17.8. The fourth-order valence-corrected chi connectivity index (χ4v) is 1.89. The number of rotatable bonds is 4. The number of guanidine groups is 1. The number of morpholine rings is 1. The van der Waals surface area contributed by atoms with Gasteiger partial charge in [0.15, 0.2) is 5.96 Å². The summed E-state index contributed by atoms with van der Waals surface area (Å²) in [5, 5.41) is 6.07. The molecule has 1 fully saturated rings. The molecule has 1 aliphatic heterocycles. The number of carbonyl (C=O) groups is 1. The first-order valence-electron chi connectivity index (χ1n) is 6.62. The van der Waals surface area contributed by atoms with Crippen LogP contribution >= 0.6 is 0 Å². The molecule has 1 amide bonds. The molecule has 7 nitrogen and oxygen atoms in total. The fraction of sp³-hybridized carbons (Fsp3) is 0.538. The highest BCUT2D eigenvalue weighted by molar-refractivity contribution is 5.86. The Balaban J connectivity index is 1.71. The molecular weight excluding hydrogens is 260 g/mol. The first-order valence-corrected chi connectivity index (χ1v) is 6.62. The van der Waals surface area contributed by atoms with Crippen LogP contribution in [-0.4, -0.2) is 56.7 Å². The van der Waals surface area contributed by atoms with Crippen molar-refractivity contribution in [3.63, 3.8) is 0 Å². The second-order valence-electron chi connectivity index (χ2n) is 4.35. The molecule has 1 aliphatic rings. The van der Waals surface area contributed by atoms with E-state index in [1.807, 2.05) is 12.1 Å². The SMILES string of the molecule is CN=C(NCC(=O)N1CCOCC1)NCc1ccco1. The number of carbonyl (C=O) groups excluding carboxylic acids is 1. The van der Waals surface area contributed by atoms with E-state index in [1.165, 1.54) is 0 Å². The quantitative estimate of drug-likeness (QED) is 0.590. The normalized spacial score (nSPS) is 16.1. The second kappa shape index (κ2) is 7.54. The minimum absolute atomic E-state index is 0.0502. The molecule has 7 heteroatoms. The zero-order chi connectivity index (χ0) is 14.2. The molecule has 110 valence electrons. The van der Waals surface area contributed by atoms with Crippen LogP contribution in [0.3, 0.4) is 0 Å². The van der Waals surface area contributed by atoms with Gasteiger partial charge in [0, 0.05) is 20.1 Å². The topological polar surface area (TPSA) is 79.1 Å². The molecule has 0 saturated carbocycles. The van der Waals surface area contributed by atoms with Crippen molar-refractivity contribution in [2.45, 2.75) is 6.54 Å². The molecular formula is C13H20N4O3. The van der Waals surface area contributed by atoms with Crippen molar-refractivity contribution < 1.29 is 13.9 Å². The van der Waals surface area contributed by atoms with Gasteiger partial charge in [-0.15, -0.1) is 0 Å². The van der Waals surface area contributed by atoms with Gasteiger partial charge in [0.1, 0.15) is 5.76 Å². The van der Waals surface area contributed by atoms with Crippen molar-refractivity contribution in [2.75, 3.05) is 39.9 Å². The van der Waals surface area contributed by atoms with Crippen LogP contribution in [0.1, 0.15) is 5.76 Å². The number of amides is 1. The Morgan fingerprint density at radius 2 is 2.20 bits per heavy atom. The summed E-state index contributed by atoms with van der Waals surface area (Å²) in [6, 6.07) is 3.70. The molecule has 0 aliphatic carbocycles. The summed E-state index contributed by atoms with van der Waals surface area (Å²) >= 11 is 0. The number of hydrogen-bond acceptors (Lipinski definition) is 4. The van der Waals surface area contributed by atoms with Gasteiger partial charge < -0.3 is 24.7 Å². The Labute approximate surface area is 118 Å². The predicted octanol–water partition coefficient (Wildman–Crippen LogP) is -0.197.